The van der Waals surface area contributed by atoms with Crippen molar-refractivity contribution in [2.75, 3.05) is 0 Å². The molecule has 4 N–H and O–H groups in total. The maximum Gasteiger partial charge on any atom is 0.490 e. The van der Waals surface area contributed by atoms with Crippen LogP contribution in [-0.2, 0) is 0 Å². The summed E-state index contributed by atoms with van der Waals surface area (Å²) in [6.07, 6.45) is 0. The minimum Gasteiger partial charge on any atom is -0.423 e. The average Bonchev–Trinajstić information content (AvgIpc) is 2.43. The lowest BCUT2D eigenvalue weighted by molar-refractivity contribution is 0.424. The van der Waals surface area contributed by atoms with Crippen molar-refractivity contribution in [3.8, 4) is 0 Å². The highest BCUT2D eigenvalue weighted by Crippen LogP contribution is 2.17. The standard InChI is InChI=1S/C13H11B2NO4/c17-14(18)10-4-5-12-9(7-10)6-8-2-1-3-11(15(19)20)13(8)16-12/h1-7,17-20H. The molecule has 0 fully saturated rings. The molecule has 3 rings (SSSR count). The van der Waals surface area contributed by atoms with Crippen LogP contribution in [0.1, 0.15) is 0 Å². The van der Waals surface area contributed by atoms with Gasteiger partial charge in [-0.3, -0.25) is 0 Å². The van der Waals surface area contributed by atoms with E-state index < -0.39 is 14.2 Å². The topological polar surface area (TPSA) is 93.8 Å². The van der Waals surface area contributed by atoms with Gasteiger partial charge >= 0.3 is 14.2 Å². The zero-order valence-corrected chi connectivity index (χ0v) is 10.4. The SMILES string of the molecule is OB(O)c1ccc2nc3c(B(O)O)cccc3cc2c1. The fourth-order valence-electron chi connectivity index (χ4n) is 2.27. The van der Waals surface area contributed by atoms with Crippen molar-refractivity contribution in [2.45, 2.75) is 0 Å². The van der Waals surface area contributed by atoms with Crippen LogP contribution in [0.4, 0.5) is 0 Å². The highest BCUT2D eigenvalue weighted by Gasteiger charge is 2.16. The van der Waals surface area contributed by atoms with Crippen molar-refractivity contribution < 1.29 is 20.1 Å². The summed E-state index contributed by atoms with van der Waals surface area (Å²) in [4.78, 5) is 4.42. The molecule has 20 heavy (non-hydrogen) atoms. The van der Waals surface area contributed by atoms with Crippen LogP contribution in [0.2, 0.25) is 0 Å². The number of pyridine rings is 1. The first kappa shape index (κ1) is 13.1. The number of nitrogens with zero attached hydrogens (tertiary/aromatic N) is 1. The molecule has 0 amide bonds. The van der Waals surface area contributed by atoms with Gasteiger partial charge < -0.3 is 20.1 Å². The second-order valence-corrected chi connectivity index (χ2v) is 4.61. The van der Waals surface area contributed by atoms with Crippen LogP contribution in [0.25, 0.3) is 21.8 Å². The van der Waals surface area contributed by atoms with Crippen molar-refractivity contribution in [2.24, 2.45) is 0 Å². The van der Waals surface area contributed by atoms with E-state index in [1.165, 1.54) is 0 Å². The monoisotopic (exact) mass is 267 g/mol. The molecule has 1 aromatic heterocycles. The van der Waals surface area contributed by atoms with Gasteiger partial charge in [0.15, 0.2) is 0 Å². The van der Waals surface area contributed by atoms with E-state index in [4.69, 9.17) is 0 Å². The van der Waals surface area contributed by atoms with Gasteiger partial charge in [0.2, 0.25) is 0 Å². The van der Waals surface area contributed by atoms with Gasteiger partial charge in [0.1, 0.15) is 0 Å². The molecule has 0 saturated carbocycles. The number of hydrogen-bond acceptors (Lipinski definition) is 5. The lowest BCUT2D eigenvalue weighted by Crippen LogP contribution is -2.31. The smallest absolute Gasteiger partial charge is 0.423 e. The summed E-state index contributed by atoms with van der Waals surface area (Å²) in [6.45, 7) is 0. The number of rotatable bonds is 2. The molecular weight excluding hydrogens is 256 g/mol. The van der Waals surface area contributed by atoms with Gasteiger partial charge in [0.05, 0.1) is 11.0 Å². The van der Waals surface area contributed by atoms with Crippen molar-refractivity contribution in [3.63, 3.8) is 0 Å². The van der Waals surface area contributed by atoms with E-state index in [0.29, 0.717) is 22.0 Å². The highest BCUT2D eigenvalue weighted by molar-refractivity contribution is 6.61. The first-order valence-electron chi connectivity index (χ1n) is 6.12. The van der Waals surface area contributed by atoms with Gasteiger partial charge in [0, 0.05) is 16.2 Å². The Morgan fingerprint density at radius 1 is 0.800 bits per heavy atom. The van der Waals surface area contributed by atoms with Crippen molar-refractivity contribution in [1.29, 1.82) is 0 Å². The summed E-state index contributed by atoms with van der Waals surface area (Å²) in [7, 11) is -3.11. The maximum atomic E-state index is 9.36. The first-order valence-corrected chi connectivity index (χ1v) is 6.12. The van der Waals surface area contributed by atoms with Crippen molar-refractivity contribution >= 4 is 47.0 Å². The van der Waals surface area contributed by atoms with Crippen LogP contribution in [0.15, 0.2) is 42.5 Å². The van der Waals surface area contributed by atoms with Gasteiger partial charge in [-0.15, -0.1) is 0 Å². The zero-order chi connectivity index (χ0) is 14.3. The Balaban J connectivity index is 2.31. The fourth-order valence-corrected chi connectivity index (χ4v) is 2.27. The fraction of sp³-hybridized carbons (Fsp3) is 0. The molecule has 7 heteroatoms. The van der Waals surface area contributed by atoms with Crippen LogP contribution in [-0.4, -0.2) is 39.3 Å². The van der Waals surface area contributed by atoms with E-state index in [0.717, 1.165) is 10.8 Å². The molecule has 1 heterocycles. The van der Waals surface area contributed by atoms with Crippen LogP contribution in [0.5, 0.6) is 0 Å². The van der Waals surface area contributed by atoms with E-state index in [9.17, 15) is 20.1 Å². The Bertz CT molecular complexity index is 791. The molecule has 3 aromatic rings. The number of hydrogen-bond donors (Lipinski definition) is 4. The summed E-state index contributed by atoms with van der Waals surface area (Å²) < 4.78 is 0. The Hall–Kier alpha value is -1.92. The minimum absolute atomic E-state index is 0.343. The molecule has 2 aromatic carbocycles. The predicted octanol–water partition coefficient (Wildman–Crippen LogP) is -1.25. The third-order valence-electron chi connectivity index (χ3n) is 3.27. The first-order chi connectivity index (χ1) is 9.56. The average molecular weight is 267 g/mol. The predicted molar refractivity (Wildman–Crippen MR) is 78.9 cm³/mol. The third-order valence-corrected chi connectivity index (χ3v) is 3.27. The van der Waals surface area contributed by atoms with E-state index in [1.54, 1.807) is 30.3 Å². The van der Waals surface area contributed by atoms with Gasteiger partial charge in [-0.2, -0.15) is 0 Å². The lowest BCUT2D eigenvalue weighted by Gasteiger charge is -2.08. The van der Waals surface area contributed by atoms with E-state index in [-0.39, 0.29) is 0 Å². The molecular formula is C13H11B2NO4. The van der Waals surface area contributed by atoms with Gasteiger partial charge in [-0.25, -0.2) is 4.98 Å². The second kappa shape index (κ2) is 4.88. The summed E-state index contributed by atoms with van der Waals surface area (Å²) in [6, 6.07) is 11.9. The summed E-state index contributed by atoms with van der Waals surface area (Å²) in [5.41, 5.74) is 1.90. The van der Waals surface area contributed by atoms with Gasteiger partial charge in [-0.05, 0) is 17.6 Å². The third kappa shape index (κ3) is 2.17. The molecule has 98 valence electrons. The Morgan fingerprint density at radius 3 is 2.30 bits per heavy atom. The molecule has 0 unspecified atom stereocenters. The molecule has 0 bridgehead atoms. The highest BCUT2D eigenvalue weighted by atomic mass is 16.4. The molecule has 0 atom stereocenters. The summed E-state index contributed by atoms with van der Waals surface area (Å²) >= 11 is 0. The maximum absolute atomic E-state index is 9.36. The Kier molecular flexibility index (Phi) is 3.19. The lowest BCUT2D eigenvalue weighted by atomic mass is 9.78. The van der Waals surface area contributed by atoms with E-state index in [2.05, 4.69) is 4.98 Å². The Morgan fingerprint density at radius 2 is 1.60 bits per heavy atom. The molecule has 0 saturated heterocycles. The molecule has 0 spiro atoms. The van der Waals surface area contributed by atoms with Gasteiger partial charge in [-0.1, -0.05) is 30.3 Å². The van der Waals surface area contributed by atoms with Crippen LogP contribution < -0.4 is 10.9 Å². The largest absolute Gasteiger partial charge is 0.490 e. The van der Waals surface area contributed by atoms with Crippen LogP contribution >= 0.6 is 0 Å². The second-order valence-electron chi connectivity index (χ2n) is 4.61. The number of fused-ring (bicyclic) bond motifs is 2. The molecule has 0 aliphatic heterocycles. The number of aromatic nitrogens is 1. The molecule has 0 aliphatic rings. The van der Waals surface area contributed by atoms with E-state index >= 15 is 0 Å². The van der Waals surface area contributed by atoms with Crippen molar-refractivity contribution in [1.82, 2.24) is 4.98 Å². The van der Waals surface area contributed by atoms with Crippen molar-refractivity contribution in [3.05, 3.63) is 42.5 Å². The molecule has 0 radical (unpaired) electrons. The molecule has 5 nitrogen and oxygen atoms in total. The minimum atomic E-state index is -1.58. The number of benzene rings is 2. The summed E-state index contributed by atoms with van der Waals surface area (Å²) in [5, 5.41) is 38.6. The molecule has 0 aliphatic carbocycles. The Labute approximate surface area is 115 Å². The zero-order valence-electron chi connectivity index (χ0n) is 10.4. The van der Waals surface area contributed by atoms with E-state index in [1.807, 2.05) is 12.1 Å². The number of para-hydroxylation sites is 1. The van der Waals surface area contributed by atoms with Gasteiger partial charge in [0.25, 0.3) is 0 Å². The van der Waals surface area contributed by atoms with Crippen LogP contribution in [0, 0.1) is 0 Å². The quantitative estimate of drug-likeness (QED) is 0.344. The summed E-state index contributed by atoms with van der Waals surface area (Å²) in [5.74, 6) is 0. The normalized spacial score (nSPS) is 11.0. The van der Waals surface area contributed by atoms with Crippen LogP contribution in [0.3, 0.4) is 0 Å².